The lowest BCUT2D eigenvalue weighted by Crippen LogP contribution is -2.30. The van der Waals surface area contributed by atoms with Crippen LogP contribution in [0.1, 0.15) is 18.9 Å². The molecule has 5 heteroatoms. The average Bonchev–Trinajstić information content (AvgIpc) is 2.46. The van der Waals surface area contributed by atoms with Crippen molar-refractivity contribution in [2.45, 2.75) is 25.9 Å². The first-order chi connectivity index (χ1) is 10.1. The molecule has 0 saturated heterocycles. The number of amides is 1. The molecule has 110 valence electrons. The number of rotatable bonds is 6. The molecule has 1 atom stereocenters. The minimum absolute atomic E-state index is 0.0817. The fraction of sp³-hybridized carbons (Fsp3) is 0.250. The Hall–Kier alpha value is -2.27. The molecule has 0 aliphatic rings. The minimum Gasteiger partial charge on any atom is -0.370 e. The summed E-state index contributed by atoms with van der Waals surface area (Å²) >= 11 is 0. The molecule has 1 unspecified atom stereocenters. The lowest BCUT2D eigenvalue weighted by Gasteiger charge is -2.13. The quantitative estimate of drug-likeness (QED) is 0.856. The number of primary amides is 1. The highest BCUT2D eigenvalue weighted by atomic mass is 19.1. The van der Waals surface area contributed by atoms with Gasteiger partial charge in [0.2, 0.25) is 5.91 Å². The molecule has 0 spiro atoms. The molecule has 0 aliphatic heterocycles. The summed E-state index contributed by atoms with van der Waals surface area (Å²) in [6, 6.07) is 8.71. The normalized spacial score (nSPS) is 12.1. The minimum atomic E-state index is -0.372. The summed E-state index contributed by atoms with van der Waals surface area (Å²) in [7, 11) is 0. The van der Waals surface area contributed by atoms with E-state index in [-0.39, 0.29) is 24.2 Å². The maximum atomic E-state index is 14.1. The van der Waals surface area contributed by atoms with Crippen molar-refractivity contribution >= 4 is 5.91 Å². The number of hydrogen-bond acceptors (Lipinski definition) is 3. The number of nitrogens with two attached hydrogens (primary N) is 1. The largest absolute Gasteiger partial charge is 0.370 e. The van der Waals surface area contributed by atoms with Crippen molar-refractivity contribution in [2.24, 2.45) is 5.73 Å². The maximum absolute atomic E-state index is 14.1. The first-order valence-corrected chi connectivity index (χ1v) is 6.77. The first kappa shape index (κ1) is 15.1. The fourth-order valence-corrected chi connectivity index (χ4v) is 2.07. The Labute approximate surface area is 123 Å². The van der Waals surface area contributed by atoms with Crippen molar-refractivity contribution in [3.05, 3.63) is 54.1 Å². The zero-order valence-corrected chi connectivity index (χ0v) is 11.8. The van der Waals surface area contributed by atoms with Gasteiger partial charge in [-0.05, 0) is 36.2 Å². The van der Waals surface area contributed by atoms with Crippen LogP contribution in [0.25, 0.3) is 11.1 Å². The van der Waals surface area contributed by atoms with Crippen LogP contribution in [0.15, 0.2) is 42.7 Å². The Kier molecular flexibility index (Phi) is 5.00. The Balaban J connectivity index is 2.04. The number of hydrogen-bond donors (Lipinski definition) is 2. The number of nitrogens with zero attached hydrogens (tertiary/aromatic N) is 1. The van der Waals surface area contributed by atoms with Crippen LogP contribution < -0.4 is 11.1 Å². The second-order valence-corrected chi connectivity index (χ2v) is 4.99. The predicted molar refractivity (Wildman–Crippen MR) is 79.7 cm³/mol. The third-order valence-corrected chi connectivity index (χ3v) is 3.22. The highest BCUT2D eigenvalue weighted by Crippen LogP contribution is 2.21. The summed E-state index contributed by atoms with van der Waals surface area (Å²) in [5.41, 5.74) is 7.41. The molecule has 0 radical (unpaired) electrons. The monoisotopic (exact) mass is 287 g/mol. The van der Waals surface area contributed by atoms with Crippen LogP contribution in [-0.4, -0.2) is 16.9 Å². The first-order valence-electron chi connectivity index (χ1n) is 6.77. The molecule has 1 amide bonds. The van der Waals surface area contributed by atoms with E-state index in [4.69, 9.17) is 5.73 Å². The lowest BCUT2D eigenvalue weighted by atomic mass is 10.0. The maximum Gasteiger partial charge on any atom is 0.218 e. The van der Waals surface area contributed by atoms with E-state index in [9.17, 15) is 9.18 Å². The second-order valence-electron chi connectivity index (χ2n) is 4.99. The SMILES string of the molecule is CC(CC(N)=O)NCc1ccc(-c2ccncc2)cc1F. The van der Waals surface area contributed by atoms with Gasteiger partial charge in [0, 0.05) is 37.0 Å². The Morgan fingerprint density at radius 2 is 2.00 bits per heavy atom. The molecule has 1 aromatic carbocycles. The van der Waals surface area contributed by atoms with Gasteiger partial charge in [-0.2, -0.15) is 0 Å². The summed E-state index contributed by atoms with van der Waals surface area (Å²) in [4.78, 5) is 14.7. The van der Waals surface area contributed by atoms with Crippen LogP contribution in [-0.2, 0) is 11.3 Å². The molecular weight excluding hydrogens is 269 g/mol. The standard InChI is InChI=1S/C16H18FN3O/c1-11(8-16(18)21)20-10-14-3-2-13(9-15(14)17)12-4-6-19-7-5-12/h2-7,9,11,20H,8,10H2,1H3,(H2,18,21). The van der Waals surface area contributed by atoms with E-state index in [0.29, 0.717) is 12.1 Å². The van der Waals surface area contributed by atoms with E-state index >= 15 is 0 Å². The number of pyridine rings is 1. The summed E-state index contributed by atoms with van der Waals surface area (Å²) in [5.74, 6) is -0.647. The topological polar surface area (TPSA) is 68.0 Å². The summed E-state index contributed by atoms with van der Waals surface area (Å²) in [5, 5.41) is 3.08. The molecule has 0 fully saturated rings. The fourth-order valence-electron chi connectivity index (χ4n) is 2.07. The molecule has 1 aromatic heterocycles. The summed E-state index contributed by atoms with van der Waals surface area (Å²) in [6.45, 7) is 2.20. The van der Waals surface area contributed by atoms with E-state index in [1.54, 1.807) is 18.5 Å². The van der Waals surface area contributed by atoms with E-state index in [1.165, 1.54) is 6.07 Å². The predicted octanol–water partition coefficient (Wildman–Crippen LogP) is 2.24. The summed E-state index contributed by atoms with van der Waals surface area (Å²) < 4.78 is 14.1. The van der Waals surface area contributed by atoms with Gasteiger partial charge in [-0.3, -0.25) is 9.78 Å². The summed E-state index contributed by atoms with van der Waals surface area (Å²) in [6.07, 6.45) is 3.58. The zero-order chi connectivity index (χ0) is 15.2. The van der Waals surface area contributed by atoms with Gasteiger partial charge in [-0.15, -0.1) is 0 Å². The molecule has 1 heterocycles. The molecule has 4 nitrogen and oxygen atoms in total. The van der Waals surface area contributed by atoms with Crippen molar-refractivity contribution in [2.75, 3.05) is 0 Å². The zero-order valence-electron chi connectivity index (χ0n) is 11.8. The van der Waals surface area contributed by atoms with Gasteiger partial charge >= 0.3 is 0 Å². The molecule has 0 saturated carbocycles. The van der Waals surface area contributed by atoms with Crippen LogP contribution >= 0.6 is 0 Å². The molecule has 2 rings (SSSR count). The molecule has 0 aliphatic carbocycles. The van der Waals surface area contributed by atoms with E-state index in [0.717, 1.165) is 11.1 Å². The van der Waals surface area contributed by atoms with Gasteiger partial charge in [0.25, 0.3) is 0 Å². The van der Waals surface area contributed by atoms with Gasteiger partial charge in [-0.1, -0.05) is 12.1 Å². The van der Waals surface area contributed by atoms with Crippen LogP contribution in [0.4, 0.5) is 4.39 Å². The Bertz CT molecular complexity index is 616. The molecule has 21 heavy (non-hydrogen) atoms. The number of benzene rings is 1. The molecule has 2 aromatic rings. The van der Waals surface area contributed by atoms with Crippen molar-refractivity contribution in [3.63, 3.8) is 0 Å². The van der Waals surface area contributed by atoms with E-state index in [1.807, 2.05) is 25.1 Å². The average molecular weight is 287 g/mol. The van der Waals surface area contributed by atoms with Crippen molar-refractivity contribution in [3.8, 4) is 11.1 Å². The number of carbonyl (C=O) groups excluding carboxylic acids is 1. The number of nitrogens with one attached hydrogen (secondary N) is 1. The van der Waals surface area contributed by atoms with Crippen LogP contribution in [0.3, 0.4) is 0 Å². The van der Waals surface area contributed by atoms with Gasteiger partial charge < -0.3 is 11.1 Å². The number of carbonyl (C=O) groups is 1. The second kappa shape index (κ2) is 6.95. The highest BCUT2D eigenvalue weighted by molar-refractivity contribution is 5.74. The van der Waals surface area contributed by atoms with Crippen LogP contribution in [0.2, 0.25) is 0 Å². The van der Waals surface area contributed by atoms with Crippen molar-refractivity contribution in [1.29, 1.82) is 0 Å². The highest BCUT2D eigenvalue weighted by Gasteiger charge is 2.08. The van der Waals surface area contributed by atoms with Crippen LogP contribution in [0.5, 0.6) is 0 Å². The smallest absolute Gasteiger partial charge is 0.218 e. The third kappa shape index (κ3) is 4.36. The van der Waals surface area contributed by atoms with Gasteiger partial charge in [0.05, 0.1) is 0 Å². The molecule has 0 bridgehead atoms. The van der Waals surface area contributed by atoms with E-state index < -0.39 is 0 Å². The molecule has 3 N–H and O–H groups in total. The lowest BCUT2D eigenvalue weighted by molar-refractivity contribution is -0.118. The van der Waals surface area contributed by atoms with Gasteiger partial charge in [-0.25, -0.2) is 4.39 Å². The van der Waals surface area contributed by atoms with Gasteiger partial charge in [0.1, 0.15) is 5.82 Å². The molecular formula is C16H18FN3O. The third-order valence-electron chi connectivity index (χ3n) is 3.22. The van der Waals surface area contributed by atoms with Crippen LogP contribution in [0, 0.1) is 5.82 Å². The van der Waals surface area contributed by atoms with Crippen molar-refractivity contribution in [1.82, 2.24) is 10.3 Å². The van der Waals surface area contributed by atoms with Crippen molar-refractivity contribution < 1.29 is 9.18 Å². The number of halogens is 1. The Morgan fingerprint density at radius 1 is 1.29 bits per heavy atom. The Morgan fingerprint density at radius 3 is 2.62 bits per heavy atom. The number of aromatic nitrogens is 1. The van der Waals surface area contributed by atoms with E-state index in [2.05, 4.69) is 10.3 Å². The van der Waals surface area contributed by atoms with Gasteiger partial charge in [0.15, 0.2) is 0 Å².